The second kappa shape index (κ2) is 13.1. The molecule has 3 aliphatic rings. The summed E-state index contributed by atoms with van der Waals surface area (Å²) in [7, 11) is 2.36. The maximum absolute atomic E-state index is 15.5. The maximum atomic E-state index is 15.5. The molecule has 0 saturated heterocycles. The van der Waals surface area contributed by atoms with Crippen molar-refractivity contribution in [1.29, 1.82) is 0 Å². The van der Waals surface area contributed by atoms with E-state index in [1.165, 1.54) is 13.2 Å². The summed E-state index contributed by atoms with van der Waals surface area (Å²) in [5, 5.41) is 16.0. The Kier molecular flexibility index (Phi) is 9.87. The Morgan fingerprint density at radius 1 is 1.08 bits per heavy atom. The molecule has 0 amide bonds. The zero-order valence-corrected chi connectivity index (χ0v) is 32.4. The Balaban J connectivity index is 1.76. The number of carbonyl (C=O) groups excluding carboxylic acids is 3. The monoisotopic (exact) mass is 712 g/mol. The Morgan fingerprint density at radius 3 is 2.32 bits per heavy atom. The lowest BCUT2D eigenvalue weighted by Crippen LogP contribution is -2.68. The van der Waals surface area contributed by atoms with Gasteiger partial charge in [0, 0.05) is 17.1 Å². The van der Waals surface area contributed by atoms with Gasteiger partial charge in [-0.25, -0.2) is 4.79 Å². The van der Waals surface area contributed by atoms with Gasteiger partial charge in [0.25, 0.3) is 5.88 Å². The molecule has 0 spiro atoms. The number of methoxy groups -OCH3 is 1. The molecule has 12 nitrogen and oxygen atoms in total. The molecule has 0 aliphatic heterocycles. The fraction of sp³-hybridized carbons (Fsp3) is 0.622. The van der Waals surface area contributed by atoms with Crippen molar-refractivity contribution in [2.24, 2.45) is 11.8 Å². The Morgan fingerprint density at radius 2 is 1.74 bits per heavy atom. The molecule has 5 rings (SSSR count). The van der Waals surface area contributed by atoms with Gasteiger partial charge in [0.2, 0.25) is 11.6 Å². The van der Waals surface area contributed by atoms with Gasteiger partial charge < -0.3 is 33.0 Å². The van der Waals surface area contributed by atoms with E-state index in [4.69, 9.17) is 27.9 Å². The Hall–Kier alpha value is -3.68. The van der Waals surface area contributed by atoms with Crippen molar-refractivity contribution < 1.29 is 47.4 Å². The van der Waals surface area contributed by atoms with E-state index in [-0.39, 0.29) is 45.5 Å². The molecule has 4 atom stereocenters. The third kappa shape index (κ3) is 6.25. The number of nitrogens with zero attached hydrogens (tertiary/aromatic N) is 2. The topological polar surface area (TPSA) is 147 Å². The number of rotatable bonds is 9. The third-order valence-corrected chi connectivity index (χ3v) is 14.9. The van der Waals surface area contributed by atoms with Crippen LogP contribution in [0.3, 0.4) is 0 Å². The molecular weight excluding hydrogens is 660 g/mol. The zero-order valence-electron chi connectivity index (χ0n) is 31.4. The van der Waals surface area contributed by atoms with Crippen molar-refractivity contribution in [3.05, 3.63) is 40.2 Å². The maximum Gasteiger partial charge on any atom is 0.514 e. The molecule has 2 aromatic rings. The minimum Gasteiger partial charge on any atom is -0.507 e. The van der Waals surface area contributed by atoms with E-state index in [2.05, 4.69) is 5.16 Å². The van der Waals surface area contributed by atoms with Gasteiger partial charge in [0.1, 0.15) is 28.4 Å². The van der Waals surface area contributed by atoms with E-state index >= 15 is 9.59 Å². The number of aliphatic hydroxyl groups is 1. The predicted molar refractivity (Wildman–Crippen MR) is 188 cm³/mol. The number of unbranched alkanes of at least 4 members (excludes halogenated alkanes) is 1. The zero-order chi connectivity index (χ0) is 37.1. The van der Waals surface area contributed by atoms with E-state index in [0.29, 0.717) is 30.1 Å². The van der Waals surface area contributed by atoms with Crippen molar-refractivity contribution in [1.82, 2.24) is 10.1 Å². The van der Waals surface area contributed by atoms with Crippen LogP contribution in [0.2, 0.25) is 18.1 Å². The first-order valence-electron chi connectivity index (χ1n) is 17.3. The molecule has 0 unspecified atom stereocenters. The van der Waals surface area contributed by atoms with Crippen molar-refractivity contribution in [2.75, 3.05) is 27.8 Å². The first-order chi connectivity index (χ1) is 23.2. The van der Waals surface area contributed by atoms with Crippen LogP contribution in [0.25, 0.3) is 5.76 Å². The second-order valence-corrected chi connectivity index (χ2v) is 21.0. The molecule has 274 valence electrons. The first-order valence-corrected chi connectivity index (χ1v) is 20.2. The summed E-state index contributed by atoms with van der Waals surface area (Å²) in [5.41, 5.74) is -2.01. The van der Waals surface area contributed by atoms with Crippen LogP contribution in [0, 0.1) is 11.8 Å². The summed E-state index contributed by atoms with van der Waals surface area (Å²) >= 11 is 0. The Bertz CT molecular complexity index is 1710. The van der Waals surface area contributed by atoms with E-state index in [9.17, 15) is 9.90 Å². The van der Waals surface area contributed by atoms with Gasteiger partial charge in [-0.05, 0) is 95.5 Å². The average Bonchev–Trinajstić information content (AvgIpc) is 3.40. The summed E-state index contributed by atoms with van der Waals surface area (Å²) in [6.45, 7) is 17.6. The van der Waals surface area contributed by atoms with Crippen molar-refractivity contribution in [2.45, 2.75) is 110 Å². The predicted octanol–water partition coefficient (Wildman–Crippen LogP) is 7.47. The lowest BCUT2D eigenvalue weighted by molar-refractivity contribution is -0.140. The van der Waals surface area contributed by atoms with Crippen LogP contribution in [0.4, 0.5) is 4.79 Å². The molecular formula is C37H52N2O10Si. The highest BCUT2D eigenvalue weighted by Crippen LogP contribution is 2.59. The van der Waals surface area contributed by atoms with Gasteiger partial charge in [-0.1, -0.05) is 34.1 Å². The number of benzene rings is 1. The SMILES string of the molecule is CCCCOc1noc2c1C(=O)[C@@]1(O[Si](C)(C)C(C)(C)C)C(=O)C3=C(O)c4c(OC(=O)OC(C)(C)C)ccc(OC)c4C[C@H]3C[C@H]1[C@@H]2N(C)C. The number of aliphatic hydroxyl groups excluding tert-OH is 1. The molecule has 50 heavy (non-hydrogen) atoms. The molecule has 1 aromatic carbocycles. The third-order valence-electron chi connectivity index (χ3n) is 10.4. The smallest absolute Gasteiger partial charge is 0.507 e. The van der Waals surface area contributed by atoms with E-state index in [1.54, 1.807) is 26.8 Å². The lowest BCUT2D eigenvalue weighted by atomic mass is 9.57. The molecule has 1 fully saturated rings. The number of hydrogen-bond acceptors (Lipinski definition) is 12. The van der Waals surface area contributed by atoms with Gasteiger partial charge >= 0.3 is 6.16 Å². The van der Waals surface area contributed by atoms with Crippen molar-refractivity contribution >= 4 is 31.8 Å². The number of ketones is 2. The summed E-state index contributed by atoms with van der Waals surface area (Å²) in [5.74, 6) is -2.01. The summed E-state index contributed by atoms with van der Waals surface area (Å²) in [4.78, 5) is 45.5. The number of carbonyl (C=O) groups is 3. The molecule has 3 aliphatic carbocycles. The minimum absolute atomic E-state index is 0.00172. The fourth-order valence-electron chi connectivity index (χ4n) is 7.14. The van der Waals surface area contributed by atoms with E-state index in [0.717, 1.165) is 12.8 Å². The van der Waals surface area contributed by atoms with Crippen LogP contribution < -0.4 is 14.2 Å². The number of fused-ring (bicyclic) bond motifs is 4. The van der Waals surface area contributed by atoms with Crippen molar-refractivity contribution in [3.63, 3.8) is 0 Å². The molecule has 1 heterocycles. The summed E-state index contributed by atoms with van der Waals surface area (Å²) < 4.78 is 35.8. The number of ether oxygens (including phenoxy) is 4. The van der Waals surface area contributed by atoms with Crippen LogP contribution in [-0.4, -0.2) is 80.2 Å². The van der Waals surface area contributed by atoms with Gasteiger partial charge in [-0.3, -0.25) is 14.5 Å². The van der Waals surface area contributed by atoms with Crippen LogP contribution in [-0.2, 0) is 20.4 Å². The van der Waals surface area contributed by atoms with Crippen LogP contribution in [0.15, 0.2) is 22.2 Å². The number of aromatic nitrogens is 1. The molecule has 1 N–H and O–H groups in total. The normalized spacial score (nSPS) is 23.6. The highest BCUT2D eigenvalue weighted by atomic mass is 28.4. The first kappa shape index (κ1) is 37.6. The molecule has 1 aromatic heterocycles. The minimum atomic E-state index is -2.89. The number of hydrogen-bond donors (Lipinski definition) is 1. The summed E-state index contributed by atoms with van der Waals surface area (Å²) in [6.07, 6.45) is 1.20. The number of Topliss-reactive ketones (excluding diaryl/α,β-unsaturated/α-hetero) is 2. The Labute approximate surface area is 295 Å². The quantitative estimate of drug-likeness (QED) is 0.0905. The molecule has 0 bridgehead atoms. The largest absolute Gasteiger partial charge is 0.514 e. The van der Waals surface area contributed by atoms with Crippen molar-refractivity contribution in [3.8, 4) is 17.4 Å². The highest BCUT2D eigenvalue weighted by molar-refractivity contribution is 6.74. The van der Waals surface area contributed by atoms with Crippen LogP contribution in [0.1, 0.15) is 101 Å². The van der Waals surface area contributed by atoms with E-state index in [1.807, 2.05) is 59.8 Å². The van der Waals surface area contributed by atoms with Gasteiger partial charge in [-0.2, -0.15) is 0 Å². The van der Waals surface area contributed by atoms with Gasteiger partial charge in [0.15, 0.2) is 19.7 Å². The molecule has 0 radical (unpaired) electrons. The second-order valence-electron chi connectivity index (χ2n) is 16.3. The van der Waals surface area contributed by atoms with Gasteiger partial charge in [-0.15, -0.1) is 0 Å². The standard InChI is InChI=1S/C37H52N2O10Si/c1-13-14-17-45-33-27-30(48-38-33)28(39(8)9)22-19-20-18-21-23(44-10)15-16-24(46-34(43)47-35(2,3)4)26(21)29(40)25(20)31(41)37(22,32(27)42)49-50(11,12)36(5,6)7/h15-16,20,22,28,40H,13-14,17-19H2,1-12H3/t20-,22-,28-,37-/m0/s1. The molecule has 13 heteroatoms. The molecule has 1 saturated carbocycles. The lowest BCUT2D eigenvalue weighted by Gasteiger charge is -2.55. The van der Waals surface area contributed by atoms with E-state index < -0.39 is 55.1 Å². The highest BCUT2D eigenvalue weighted by Gasteiger charge is 2.69. The van der Waals surface area contributed by atoms with Gasteiger partial charge in [0.05, 0.1) is 25.3 Å². The van der Waals surface area contributed by atoms with Crippen LogP contribution in [0.5, 0.6) is 17.4 Å². The summed E-state index contributed by atoms with van der Waals surface area (Å²) in [6, 6.07) is 2.56. The average molecular weight is 713 g/mol. The van der Waals surface area contributed by atoms with Crippen LogP contribution >= 0.6 is 0 Å². The fourth-order valence-corrected chi connectivity index (χ4v) is 8.59.